The van der Waals surface area contributed by atoms with Gasteiger partial charge in [-0.3, -0.25) is 4.79 Å². The number of carbonyl (C=O) groups excluding carboxylic acids is 1. The number of halogens is 2. The van der Waals surface area contributed by atoms with E-state index in [0.717, 1.165) is 5.56 Å². The van der Waals surface area contributed by atoms with Crippen molar-refractivity contribution in [2.45, 2.75) is 12.8 Å². The number of nitrogens with zero attached hydrogens (tertiary/aromatic N) is 1. The first-order valence-electron chi connectivity index (χ1n) is 5.20. The quantitative estimate of drug-likeness (QED) is 0.938. The fourth-order valence-corrected chi connectivity index (χ4v) is 2.60. The lowest BCUT2D eigenvalue weighted by Crippen LogP contribution is -2.07. The highest BCUT2D eigenvalue weighted by Crippen LogP contribution is 2.19. The van der Waals surface area contributed by atoms with Crippen LogP contribution in [0.15, 0.2) is 28.1 Å². The van der Waals surface area contributed by atoms with Crippen molar-refractivity contribution in [2.75, 3.05) is 5.73 Å². The van der Waals surface area contributed by atoms with Crippen LogP contribution in [-0.4, -0.2) is 10.8 Å². The third-order valence-electron chi connectivity index (χ3n) is 2.35. The van der Waals surface area contributed by atoms with Crippen molar-refractivity contribution >= 4 is 38.2 Å². The van der Waals surface area contributed by atoms with Crippen molar-refractivity contribution in [3.63, 3.8) is 0 Å². The molecule has 1 aromatic carbocycles. The monoisotopic (exact) mass is 328 g/mol. The average molecular weight is 329 g/mol. The Morgan fingerprint density at radius 2 is 2.22 bits per heavy atom. The molecule has 1 aromatic heterocycles. The predicted molar refractivity (Wildman–Crippen MR) is 73.0 cm³/mol. The molecule has 0 aliphatic heterocycles. The molecule has 6 heteroatoms. The van der Waals surface area contributed by atoms with E-state index in [9.17, 15) is 9.18 Å². The third-order valence-corrected chi connectivity index (χ3v) is 3.81. The molecular weight excluding hydrogens is 319 g/mol. The van der Waals surface area contributed by atoms with Gasteiger partial charge in [0.15, 0.2) is 5.13 Å². The summed E-state index contributed by atoms with van der Waals surface area (Å²) < 4.78 is 13.5. The van der Waals surface area contributed by atoms with Crippen LogP contribution in [0, 0.1) is 5.82 Å². The molecule has 0 unspecified atom stereocenters. The lowest BCUT2D eigenvalue weighted by atomic mass is 10.1. The summed E-state index contributed by atoms with van der Waals surface area (Å²) in [6, 6.07) is 4.30. The maximum Gasteiger partial charge on any atom is 0.180 e. The van der Waals surface area contributed by atoms with Crippen LogP contribution in [0.4, 0.5) is 9.52 Å². The molecule has 0 amide bonds. The minimum atomic E-state index is -0.328. The number of aromatic nitrogens is 1. The van der Waals surface area contributed by atoms with Gasteiger partial charge >= 0.3 is 0 Å². The SMILES string of the molecule is Nc1nc(CC(=O)Cc2ccc(F)cc2Br)cs1. The third kappa shape index (κ3) is 3.36. The molecule has 0 saturated carbocycles. The largest absolute Gasteiger partial charge is 0.375 e. The van der Waals surface area contributed by atoms with Gasteiger partial charge in [0, 0.05) is 22.7 Å². The maximum atomic E-state index is 12.9. The summed E-state index contributed by atoms with van der Waals surface area (Å²) in [5, 5.41) is 2.23. The molecule has 0 saturated heterocycles. The molecular formula is C12H10BrFN2OS. The van der Waals surface area contributed by atoms with E-state index in [1.165, 1.54) is 23.5 Å². The zero-order chi connectivity index (χ0) is 13.1. The number of ketones is 1. The first kappa shape index (κ1) is 13.2. The summed E-state index contributed by atoms with van der Waals surface area (Å²) in [4.78, 5) is 15.9. The molecule has 3 nitrogen and oxygen atoms in total. The second kappa shape index (κ2) is 5.58. The van der Waals surface area contributed by atoms with E-state index in [2.05, 4.69) is 20.9 Å². The van der Waals surface area contributed by atoms with Crippen molar-refractivity contribution in [3.8, 4) is 0 Å². The van der Waals surface area contributed by atoms with Gasteiger partial charge in [0.2, 0.25) is 0 Å². The van der Waals surface area contributed by atoms with E-state index in [4.69, 9.17) is 5.73 Å². The van der Waals surface area contributed by atoms with Crippen molar-refractivity contribution in [3.05, 3.63) is 45.1 Å². The number of hydrogen-bond donors (Lipinski definition) is 1. The molecule has 18 heavy (non-hydrogen) atoms. The summed E-state index contributed by atoms with van der Waals surface area (Å²) in [5.41, 5.74) is 6.94. The minimum Gasteiger partial charge on any atom is -0.375 e. The normalized spacial score (nSPS) is 10.6. The second-order valence-corrected chi connectivity index (χ2v) is 5.55. The Bertz CT molecular complexity index is 585. The first-order chi connectivity index (χ1) is 8.54. The van der Waals surface area contributed by atoms with Crippen molar-refractivity contribution in [1.29, 1.82) is 0 Å². The molecule has 1 heterocycles. The van der Waals surface area contributed by atoms with Crippen LogP contribution in [0.25, 0.3) is 0 Å². The number of benzene rings is 1. The molecule has 2 N–H and O–H groups in total. The number of anilines is 1. The van der Waals surface area contributed by atoms with Crippen molar-refractivity contribution in [1.82, 2.24) is 4.98 Å². The Balaban J connectivity index is 2.03. The lowest BCUT2D eigenvalue weighted by Gasteiger charge is -2.03. The Labute approximate surface area is 116 Å². The van der Waals surface area contributed by atoms with Gasteiger partial charge in [0.25, 0.3) is 0 Å². The maximum absolute atomic E-state index is 12.9. The van der Waals surface area contributed by atoms with Gasteiger partial charge in [-0.15, -0.1) is 11.3 Å². The highest BCUT2D eigenvalue weighted by Gasteiger charge is 2.10. The molecule has 0 atom stereocenters. The molecule has 2 aromatic rings. The summed E-state index contributed by atoms with van der Waals surface area (Å²) in [5.74, 6) is -0.307. The zero-order valence-electron chi connectivity index (χ0n) is 9.32. The Kier molecular flexibility index (Phi) is 4.08. The fourth-order valence-electron chi connectivity index (χ4n) is 1.55. The van der Waals surface area contributed by atoms with Crippen LogP contribution < -0.4 is 5.73 Å². The second-order valence-electron chi connectivity index (χ2n) is 3.81. The van der Waals surface area contributed by atoms with E-state index in [1.807, 2.05) is 0 Å². The molecule has 0 spiro atoms. The van der Waals surface area contributed by atoms with E-state index < -0.39 is 0 Å². The number of thiazole rings is 1. The standard InChI is InChI=1S/C12H10BrFN2OS/c13-11-4-8(14)2-1-7(11)3-10(17)5-9-6-18-12(15)16-9/h1-2,4,6H,3,5H2,(H2,15,16). The van der Waals surface area contributed by atoms with Crippen LogP contribution in [0.1, 0.15) is 11.3 Å². The summed E-state index contributed by atoms with van der Waals surface area (Å²) in [7, 11) is 0. The van der Waals surface area contributed by atoms with Gasteiger partial charge in [0.1, 0.15) is 11.6 Å². The number of hydrogen-bond acceptors (Lipinski definition) is 4. The van der Waals surface area contributed by atoms with Gasteiger partial charge in [-0.05, 0) is 17.7 Å². The zero-order valence-corrected chi connectivity index (χ0v) is 11.7. The van der Waals surface area contributed by atoms with E-state index in [-0.39, 0.29) is 24.4 Å². The number of nitrogen functional groups attached to an aromatic ring is 1. The molecule has 0 aliphatic rings. The highest BCUT2D eigenvalue weighted by atomic mass is 79.9. The van der Waals surface area contributed by atoms with Gasteiger partial charge < -0.3 is 5.73 Å². The number of carbonyl (C=O) groups is 1. The van der Waals surface area contributed by atoms with Crippen molar-refractivity contribution < 1.29 is 9.18 Å². The lowest BCUT2D eigenvalue weighted by molar-refractivity contribution is -0.117. The van der Waals surface area contributed by atoms with Gasteiger partial charge in [-0.2, -0.15) is 0 Å². The molecule has 2 rings (SSSR count). The predicted octanol–water partition coefficient (Wildman–Crippen LogP) is 2.98. The van der Waals surface area contributed by atoms with Gasteiger partial charge in [-0.25, -0.2) is 9.37 Å². The van der Waals surface area contributed by atoms with E-state index >= 15 is 0 Å². The summed E-state index contributed by atoms with van der Waals surface area (Å²) >= 11 is 4.55. The van der Waals surface area contributed by atoms with E-state index in [1.54, 1.807) is 11.4 Å². The molecule has 0 radical (unpaired) electrons. The Morgan fingerprint density at radius 3 is 2.83 bits per heavy atom. The number of nitrogens with two attached hydrogens (primary N) is 1. The smallest absolute Gasteiger partial charge is 0.180 e. The molecule has 0 bridgehead atoms. The van der Waals surface area contributed by atoms with Crippen LogP contribution in [0.3, 0.4) is 0 Å². The highest BCUT2D eigenvalue weighted by molar-refractivity contribution is 9.10. The van der Waals surface area contributed by atoms with Crippen LogP contribution in [-0.2, 0) is 17.6 Å². The average Bonchev–Trinajstić information content (AvgIpc) is 2.68. The minimum absolute atomic E-state index is 0.0209. The summed E-state index contributed by atoms with van der Waals surface area (Å²) in [6.45, 7) is 0. The van der Waals surface area contributed by atoms with Gasteiger partial charge in [0.05, 0.1) is 5.69 Å². The van der Waals surface area contributed by atoms with Crippen LogP contribution >= 0.6 is 27.3 Å². The fraction of sp³-hybridized carbons (Fsp3) is 0.167. The Morgan fingerprint density at radius 1 is 1.44 bits per heavy atom. The molecule has 0 fully saturated rings. The number of Topliss-reactive ketones (excluding diaryl/α,β-unsaturated/α-hetero) is 1. The van der Waals surface area contributed by atoms with E-state index in [0.29, 0.717) is 15.3 Å². The first-order valence-corrected chi connectivity index (χ1v) is 6.87. The topological polar surface area (TPSA) is 56.0 Å². The summed E-state index contributed by atoms with van der Waals surface area (Å²) in [6.07, 6.45) is 0.496. The van der Waals surface area contributed by atoms with Gasteiger partial charge in [-0.1, -0.05) is 22.0 Å². The number of rotatable bonds is 4. The van der Waals surface area contributed by atoms with Crippen LogP contribution in [0.2, 0.25) is 0 Å². The Hall–Kier alpha value is -1.27. The molecule has 94 valence electrons. The molecule has 0 aliphatic carbocycles. The van der Waals surface area contributed by atoms with Crippen LogP contribution in [0.5, 0.6) is 0 Å². The van der Waals surface area contributed by atoms with Crippen molar-refractivity contribution in [2.24, 2.45) is 0 Å².